The van der Waals surface area contributed by atoms with Crippen LogP contribution in [0, 0.1) is 5.92 Å². The van der Waals surface area contributed by atoms with Crippen molar-refractivity contribution in [1.82, 2.24) is 4.72 Å². The summed E-state index contributed by atoms with van der Waals surface area (Å²) in [4.78, 5) is 1.13. The van der Waals surface area contributed by atoms with Crippen LogP contribution in [0.15, 0.2) is 14.7 Å². The predicted molar refractivity (Wildman–Crippen MR) is 79.1 cm³/mol. The second kappa shape index (κ2) is 6.47. The molecule has 1 heterocycles. The minimum Gasteiger partial charge on any atom is -0.326 e. The molecule has 0 amide bonds. The Morgan fingerprint density at radius 1 is 1.44 bits per heavy atom. The molecule has 0 fully saturated rings. The molecule has 0 aliphatic heterocycles. The Morgan fingerprint density at radius 3 is 2.50 bits per heavy atom. The molecule has 4 nitrogen and oxygen atoms in total. The van der Waals surface area contributed by atoms with E-state index in [9.17, 15) is 8.42 Å². The Labute approximate surface area is 121 Å². The number of halogens is 1. The summed E-state index contributed by atoms with van der Waals surface area (Å²) >= 11 is 4.63. The quantitative estimate of drug-likeness (QED) is 0.824. The molecule has 7 heteroatoms. The van der Waals surface area contributed by atoms with Crippen LogP contribution in [0.1, 0.15) is 32.1 Å². The lowest BCUT2D eigenvalue weighted by molar-refractivity contribution is 0.482. The van der Waals surface area contributed by atoms with Gasteiger partial charge in [0, 0.05) is 17.5 Å². The third kappa shape index (κ3) is 4.31. The third-order valence-electron chi connectivity index (χ3n) is 2.38. The summed E-state index contributed by atoms with van der Waals surface area (Å²) in [6, 6.07) is 1.54. The van der Waals surface area contributed by atoms with Gasteiger partial charge >= 0.3 is 0 Å². The number of thiophene rings is 1. The number of nitrogens with one attached hydrogen (secondary N) is 1. The van der Waals surface area contributed by atoms with Gasteiger partial charge in [-0.1, -0.05) is 13.8 Å². The second-order valence-corrected chi connectivity index (χ2v) is 8.84. The first-order valence-corrected chi connectivity index (χ1v) is 8.86. The molecule has 3 N–H and O–H groups in total. The molecular weight excluding hydrogens is 336 g/mol. The summed E-state index contributed by atoms with van der Waals surface area (Å²) in [5.41, 5.74) is 5.52. The lowest BCUT2D eigenvalue weighted by Gasteiger charge is -2.15. The van der Waals surface area contributed by atoms with Crippen molar-refractivity contribution in [2.24, 2.45) is 11.7 Å². The fourth-order valence-electron chi connectivity index (χ4n) is 1.77. The van der Waals surface area contributed by atoms with Crippen molar-refractivity contribution >= 4 is 37.3 Å². The first kappa shape index (κ1) is 16.1. The molecule has 0 aliphatic carbocycles. The normalized spacial score (nSPS) is 14.1. The van der Waals surface area contributed by atoms with Gasteiger partial charge < -0.3 is 5.73 Å². The van der Waals surface area contributed by atoms with Crippen LogP contribution in [-0.2, 0) is 16.6 Å². The van der Waals surface area contributed by atoms with Crippen molar-refractivity contribution in [1.29, 1.82) is 0 Å². The molecule has 18 heavy (non-hydrogen) atoms. The van der Waals surface area contributed by atoms with E-state index in [1.165, 1.54) is 11.3 Å². The Kier molecular flexibility index (Phi) is 5.79. The van der Waals surface area contributed by atoms with Crippen LogP contribution in [0.5, 0.6) is 0 Å². The molecule has 0 saturated heterocycles. The molecule has 0 spiro atoms. The van der Waals surface area contributed by atoms with Gasteiger partial charge in [0.1, 0.15) is 4.90 Å². The highest BCUT2D eigenvalue weighted by atomic mass is 79.9. The second-order valence-electron chi connectivity index (χ2n) is 4.71. The van der Waals surface area contributed by atoms with Crippen molar-refractivity contribution in [3.63, 3.8) is 0 Å². The maximum atomic E-state index is 12.2. The van der Waals surface area contributed by atoms with Gasteiger partial charge in [-0.2, -0.15) is 0 Å². The lowest BCUT2D eigenvalue weighted by atomic mass is 10.1. The highest BCUT2D eigenvalue weighted by Gasteiger charge is 2.22. The zero-order chi connectivity index (χ0) is 13.9. The summed E-state index contributed by atoms with van der Waals surface area (Å²) in [6.07, 6.45) is 0.810. The van der Waals surface area contributed by atoms with Crippen LogP contribution < -0.4 is 10.5 Å². The summed E-state index contributed by atoms with van der Waals surface area (Å²) in [6.45, 7) is 6.36. The third-order valence-corrected chi connectivity index (χ3v) is 6.24. The van der Waals surface area contributed by atoms with Gasteiger partial charge in [0.2, 0.25) is 10.0 Å². The molecule has 1 unspecified atom stereocenters. The number of rotatable bonds is 6. The van der Waals surface area contributed by atoms with Crippen molar-refractivity contribution in [2.75, 3.05) is 0 Å². The lowest BCUT2D eigenvalue weighted by Crippen LogP contribution is -2.33. The first-order chi connectivity index (χ1) is 8.26. The molecule has 1 aromatic heterocycles. The van der Waals surface area contributed by atoms with Crippen molar-refractivity contribution in [2.45, 2.75) is 44.7 Å². The number of sulfonamides is 1. The predicted octanol–water partition coefficient (Wildman–Crippen LogP) is 2.68. The summed E-state index contributed by atoms with van der Waals surface area (Å²) in [5, 5.41) is 0. The van der Waals surface area contributed by atoms with E-state index < -0.39 is 10.0 Å². The molecule has 0 bridgehead atoms. The van der Waals surface area contributed by atoms with Gasteiger partial charge in [-0.25, -0.2) is 13.1 Å². The van der Waals surface area contributed by atoms with E-state index in [4.69, 9.17) is 5.73 Å². The van der Waals surface area contributed by atoms with Gasteiger partial charge in [0.25, 0.3) is 0 Å². The topological polar surface area (TPSA) is 72.2 Å². The summed E-state index contributed by atoms with van der Waals surface area (Å²) in [5.74, 6) is 0.452. The molecule has 1 atom stereocenters. The fraction of sp³-hybridized carbons (Fsp3) is 0.636. The Bertz CT molecular complexity index is 497. The zero-order valence-corrected chi connectivity index (χ0v) is 14.0. The number of hydrogen-bond donors (Lipinski definition) is 2. The minimum atomic E-state index is -3.47. The van der Waals surface area contributed by atoms with E-state index in [1.807, 2.05) is 6.92 Å². The monoisotopic (exact) mass is 354 g/mol. The van der Waals surface area contributed by atoms with Gasteiger partial charge in [-0.15, -0.1) is 11.3 Å². The average Bonchev–Trinajstić information content (AvgIpc) is 2.58. The molecule has 1 rings (SSSR count). The molecule has 104 valence electrons. The van der Waals surface area contributed by atoms with E-state index in [0.717, 1.165) is 11.3 Å². The first-order valence-electron chi connectivity index (χ1n) is 5.77. The highest BCUT2D eigenvalue weighted by Crippen LogP contribution is 2.31. The standard InChI is InChI=1S/C11H19BrN2O2S2/c1-7(2)4-8(3)14-18(15,16)10-5-9(6-13)17-11(10)12/h5,7-8,14H,4,6,13H2,1-3H3. The maximum absolute atomic E-state index is 12.2. The molecule has 0 radical (unpaired) electrons. The smallest absolute Gasteiger partial charge is 0.242 e. The van der Waals surface area contributed by atoms with E-state index >= 15 is 0 Å². The van der Waals surface area contributed by atoms with Crippen molar-refractivity contribution < 1.29 is 8.42 Å². The Balaban J connectivity index is 2.89. The largest absolute Gasteiger partial charge is 0.326 e. The fourth-order valence-corrected chi connectivity index (χ4v) is 5.58. The molecule has 0 saturated carbocycles. The van der Waals surface area contributed by atoms with Crippen LogP contribution >= 0.6 is 27.3 Å². The van der Waals surface area contributed by atoms with Gasteiger partial charge in [-0.3, -0.25) is 0 Å². The van der Waals surface area contributed by atoms with Crippen molar-refractivity contribution in [3.8, 4) is 0 Å². The molecular formula is C11H19BrN2O2S2. The van der Waals surface area contributed by atoms with Gasteiger partial charge in [-0.05, 0) is 41.3 Å². The Hall–Kier alpha value is 0.0500. The number of hydrogen-bond acceptors (Lipinski definition) is 4. The highest BCUT2D eigenvalue weighted by molar-refractivity contribution is 9.11. The van der Waals surface area contributed by atoms with E-state index in [0.29, 0.717) is 16.2 Å². The van der Waals surface area contributed by atoms with E-state index in [2.05, 4.69) is 34.5 Å². The van der Waals surface area contributed by atoms with E-state index in [1.54, 1.807) is 6.07 Å². The van der Waals surface area contributed by atoms with Crippen LogP contribution in [-0.4, -0.2) is 14.5 Å². The van der Waals surface area contributed by atoms with Crippen molar-refractivity contribution in [3.05, 3.63) is 14.7 Å². The molecule has 1 aromatic rings. The average molecular weight is 355 g/mol. The molecule has 0 aliphatic rings. The maximum Gasteiger partial charge on any atom is 0.242 e. The Morgan fingerprint density at radius 2 is 2.06 bits per heavy atom. The van der Waals surface area contributed by atoms with Crippen LogP contribution in [0.3, 0.4) is 0 Å². The summed E-state index contributed by atoms with van der Waals surface area (Å²) in [7, 11) is -3.47. The molecule has 0 aromatic carbocycles. The SMILES string of the molecule is CC(C)CC(C)NS(=O)(=O)c1cc(CN)sc1Br. The minimum absolute atomic E-state index is 0.0804. The number of nitrogens with two attached hydrogens (primary N) is 1. The summed E-state index contributed by atoms with van der Waals surface area (Å²) < 4.78 is 27.7. The van der Waals surface area contributed by atoms with Crippen LogP contribution in [0.4, 0.5) is 0 Å². The van der Waals surface area contributed by atoms with Gasteiger partial charge in [0.15, 0.2) is 0 Å². The van der Waals surface area contributed by atoms with E-state index in [-0.39, 0.29) is 10.9 Å². The zero-order valence-electron chi connectivity index (χ0n) is 10.7. The van der Waals surface area contributed by atoms with Gasteiger partial charge in [0.05, 0.1) is 3.79 Å². The van der Waals surface area contributed by atoms with Crippen LogP contribution in [0.2, 0.25) is 0 Å². The van der Waals surface area contributed by atoms with Crippen LogP contribution in [0.25, 0.3) is 0 Å².